The van der Waals surface area contributed by atoms with Gasteiger partial charge in [0.15, 0.2) is 0 Å². The molecule has 1 aliphatic rings. The third-order valence-electron chi connectivity index (χ3n) is 3.05. The Kier molecular flexibility index (Phi) is 4.76. The molecule has 1 N–H and O–H groups in total. The molecule has 22 heavy (non-hydrogen) atoms. The fourth-order valence-electron chi connectivity index (χ4n) is 1.95. The van der Waals surface area contributed by atoms with Crippen LogP contribution in [0.4, 0.5) is 5.69 Å². The first kappa shape index (κ1) is 16.0. The van der Waals surface area contributed by atoms with Crippen molar-refractivity contribution in [3.05, 3.63) is 39.4 Å². The van der Waals surface area contributed by atoms with E-state index in [1.807, 2.05) is 0 Å². The van der Waals surface area contributed by atoms with E-state index in [-0.39, 0.29) is 16.2 Å². The minimum Gasteiger partial charge on any atom is -0.465 e. The summed E-state index contributed by atoms with van der Waals surface area (Å²) in [5, 5.41) is 13.3. The van der Waals surface area contributed by atoms with Gasteiger partial charge >= 0.3 is 5.97 Å². The largest absolute Gasteiger partial charge is 0.465 e. The number of ether oxygens (including phenoxy) is 1. The summed E-state index contributed by atoms with van der Waals surface area (Å²) >= 11 is 1.13. The number of nitro groups is 1. The van der Waals surface area contributed by atoms with Gasteiger partial charge in [-0.1, -0.05) is 11.8 Å². The van der Waals surface area contributed by atoms with E-state index < -0.39 is 28.5 Å². The molecule has 0 unspecified atom stereocenters. The van der Waals surface area contributed by atoms with Crippen LogP contribution >= 0.6 is 11.8 Å². The molecule has 1 aliphatic heterocycles. The van der Waals surface area contributed by atoms with Gasteiger partial charge in [0.25, 0.3) is 11.6 Å². The Balaban J connectivity index is 2.30. The number of nitrogens with zero attached hydrogens (tertiary/aromatic N) is 1. The van der Waals surface area contributed by atoms with E-state index in [9.17, 15) is 24.5 Å². The molecule has 8 nitrogen and oxygen atoms in total. The lowest BCUT2D eigenvalue weighted by Gasteiger charge is -2.10. The number of esters is 1. The van der Waals surface area contributed by atoms with Crippen LogP contribution in [-0.2, 0) is 9.53 Å². The summed E-state index contributed by atoms with van der Waals surface area (Å²) in [5.41, 5.74) is -0.576. The zero-order chi connectivity index (χ0) is 16.3. The van der Waals surface area contributed by atoms with Crippen LogP contribution in [0.5, 0.6) is 0 Å². The third-order valence-corrected chi connectivity index (χ3v) is 4.06. The van der Waals surface area contributed by atoms with Gasteiger partial charge in [0, 0.05) is 23.4 Å². The van der Waals surface area contributed by atoms with Crippen molar-refractivity contribution in [2.45, 2.75) is 12.5 Å². The second-order valence-corrected chi connectivity index (χ2v) is 5.60. The summed E-state index contributed by atoms with van der Waals surface area (Å²) in [4.78, 5) is 45.4. The number of amides is 1. The number of nitrogens with one attached hydrogen (secondary N) is 1. The Morgan fingerprint density at radius 2 is 2.05 bits per heavy atom. The SMILES string of the molecule is COC(=O)c1cc(C(=O)N[C@H]2CCSC2=O)cc([N+](=O)[O-])c1. The fraction of sp³-hybridized carbons (Fsp3) is 0.308. The Hall–Kier alpha value is -2.42. The lowest BCUT2D eigenvalue weighted by Crippen LogP contribution is -2.37. The molecule has 1 aromatic carbocycles. The molecule has 0 aliphatic carbocycles. The molecule has 1 heterocycles. The highest BCUT2D eigenvalue weighted by Gasteiger charge is 2.28. The second kappa shape index (κ2) is 6.56. The van der Waals surface area contributed by atoms with Crippen LogP contribution in [0.1, 0.15) is 27.1 Å². The number of thioether (sulfide) groups is 1. The zero-order valence-corrected chi connectivity index (χ0v) is 12.3. The molecule has 1 amide bonds. The lowest BCUT2D eigenvalue weighted by molar-refractivity contribution is -0.384. The number of benzene rings is 1. The van der Waals surface area contributed by atoms with E-state index in [0.717, 1.165) is 31.0 Å². The van der Waals surface area contributed by atoms with E-state index in [4.69, 9.17) is 0 Å². The Labute approximate surface area is 129 Å². The number of nitro benzene ring substituents is 1. The van der Waals surface area contributed by atoms with E-state index in [1.165, 1.54) is 6.07 Å². The van der Waals surface area contributed by atoms with Crippen molar-refractivity contribution in [1.82, 2.24) is 5.32 Å². The van der Waals surface area contributed by atoms with Gasteiger partial charge in [-0.15, -0.1) is 0 Å². The summed E-state index contributed by atoms with van der Waals surface area (Å²) in [6.45, 7) is 0. The summed E-state index contributed by atoms with van der Waals surface area (Å²) in [5.74, 6) is -0.813. The number of methoxy groups -OCH3 is 1. The average molecular weight is 324 g/mol. The van der Waals surface area contributed by atoms with Crippen molar-refractivity contribution in [3.8, 4) is 0 Å². The highest BCUT2D eigenvalue weighted by molar-refractivity contribution is 8.14. The Morgan fingerprint density at radius 3 is 2.59 bits per heavy atom. The van der Waals surface area contributed by atoms with E-state index >= 15 is 0 Å². The van der Waals surface area contributed by atoms with Crippen molar-refractivity contribution in [2.24, 2.45) is 0 Å². The van der Waals surface area contributed by atoms with Gasteiger partial charge in [-0.25, -0.2) is 4.79 Å². The maximum Gasteiger partial charge on any atom is 0.338 e. The summed E-state index contributed by atoms with van der Waals surface area (Å²) in [6, 6.07) is 2.66. The van der Waals surface area contributed by atoms with Crippen molar-refractivity contribution < 1.29 is 24.0 Å². The third kappa shape index (κ3) is 3.42. The first-order chi connectivity index (χ1) is 10.4. The van der Waals surface area contributed by atoms with Gasteiger partial charge in [-0.05, 0) is 12.5 Å². The number of hydrogen-bond donors (Lipinski definition) is 1. The van der Waals surface area contributed by atoms with Gasteiger partial charge in [-0.2, -0.15) is 0 Å². The van der Waals surface area contributed by atoms with Crippen molar-refractivity contribution in [1.29, 1.82) is 0 Å². The van der Waals surface area contributed by atoms with Crippen LogP contribution in [0.25, 0.3) is 0 Å². The monoisotopic (exact) mass is 324 g/mol. The van der Waals surface area contributed by atoms with Crippen LogP contribution in [0.3, 0.4) is 0 Å². The molecule has 1 saturated heterocycles. The molecule has 116 valence electrons. The lowest BCUT2D eigenvalue weighted by atomic mass is 10.1. The number of rotatable bonds is 4. The molecule has 0 radical (unpaired) electrons. The van der Waals surface area contributed by atoms with E-state index in [2.05, 4.69) is 10.1 Å². The minimum atomic E-state index is -0.787. The molecular formula is C13H12N2O6S. The van der Waals surface area contributed by atoms with Gasteiger partial charge in [0.1, 0.15) is 0 Å². The van der Waals surface area contributed by atoms with Crippen LogP contribution in [0.15, 0.2) is 18.2 Å². The number of hydrogen-bond acceptors (Lipinski definition) is 7. The molecule has 0 bridgehead atoms. The quantitative estimate of drug-likeness (QED) is 0.501. The van der Waals surface area contributed by atoms with E-state index in [0.29, 0.717) is 12.2 Å². The van der Waals surface area contributed by atoms with Gasteiger partial charge < -0.3 is 10.1 Å². The standard InChI is InChI=1S/C13H12N2O6S/c1-21-12(17)8-4-7(5-9(6-8)15(19)20)11(16)14-10-2-3-22-13(10)18/h4-6,10H,2-3H2,1H3,(H,14,16)/t10-/m0/s1. The summed E-state index contributed by atoms with van der Waals surface area (Å²) in [6.07, 6.45) is 0.508. The molecule has 1 aromatic rings. The van der Waals surface area contributed by atoms with Crippen LogP contribution in [0, 0.1) is 10.1 Å². The van der Waals surface area contributed by atoms with Crippen molar-refractivity contribution in [3.63, 3.8) is 0 Å². The molecule has 1 atom stereocenters. The molecule has 0 aromatic heterocycles. The second-order valence-electron chi connectivity index (χ2n) is 4.50. The number of carbonyl (C=O) groups is 3. The minimum absolute atomic E-state index is 0.0701. The first-order valence-electron chi connectivity index (χ1n) is 6.27. The number of carbonyl (C=O) groups excluding carboxylic acids is 3. The highest BCUT2D eigenvalue weighted by Crippen LogP contribution is 2.21. The van der Waals surface area contributed by atoms with E-state index in [1.54, 1.807) is 0 Å². The molecule has 0 spiro atoms. The van der Waals surface area contributed by atoms with Crippen LogP contribution in [0.2, 0.25) is 0 Å². The smallest absolute Gasteiger partial charge is 0.338 e. The topological polar surface area (TPSA) is 116 Å². The van der Waals surface area contributed by atoms with Crippen LogP contribution in [-0.4, -0.2) is 40.8 Å². The first-order valence-corrected chi connectivity index (χ1v) is 7.26. The predicted molar refractivity (Wildman–Crippen MR) is 77.8 cm³/mol. The molecule has 9 heteroatoms. The van der Waals surface area contributed by atoms with Crippen molar-refractivity contribution >= 4 is 34.4 Å². The normalized spacial score (nSPS) is 17.1. The fourth-order valence-corrected chi connectivity index (χ4v) is 2.88. The molecule has 0 saturated carbocycles. The van der Waals surface area contributed by atoms with Gasteiger partial charge in [0.05, 0.1) is 23.6 Å². The molecule has 1 fully saturated rings. The Morgan fingerprint density at radius 1 is 1.36 bits per heavy atom. The van der Waals surface area contributed by atoms with Gasteiger partial charge in [-0.3, -0.25) is 19.7 Å². The van der Waals surface area contributed by atoms with Crippen LogP contribution < -0.4 is 5.32 Å². The van der Waals surface area contributed by atoms with Gasteiger partial charge in [0.2, 0.25) is 5.12 Å². The summed E-state index contributed by atoms with van der Waals surface area (Å²) in [7, 11) is 1.13. The average Bonchev–Trinajstić information content (AvgIpc) is 2.91. The predicted octanol–water partition coefficient (Wildman–Crippen LogP) is 1.14. The zero-order valence-electron chi connectivity index (χ0n) is 11.5. The molecular weight excluding hydrogens is 312 g/mol. The van der Waals surface area contributed by atoms with Crippen molar-refractivity contribution in [2.75, 3.05) is 12.9 Å². The highest BCUT2D eigenvalue weighted by atomic mass is 32.2. The summed E-state index contributed by atoms with van der Waals surface area (Å²) < 4.78 is 4.51. The Bertz CT molecular complexity index is 660. The number of non-ortho nitro benzene ring substituents is 1. The maximum atomic E-state index is 12.1. The molecule has 2 rings (SSSR count). The maximum absolute atomic E-state index is 12.1.